The first-order chi connectivity index (χ1) is 15.3. The van der Waals surface area contributed by atoms with Gasteiger partial charge in [0.05, 0.1) is 23.9 Å². The van der Waals surface area contributed by atoms with Gasteiger partial charge in [0.2, 0.25) is 0 Å². The standard InChI is InChI=1S/C23H16F2N4O3/c1-29-12-17(11-28-29)13-2-4-18(23(31)32)14(6-13)3-5-21(30)22-19(24)7-15(8-20(22)25)16-9-26-27-10-16/h2-12H,1H3,(H,26,27)(H,31,32)/p-1. The van der Waals surface area contributed by atoms with E-state index < -0.39 is 29.0 Å². The number of ketones is 1. The minimum Gasteiger partial charge on any atom is -0.545 e. The SMILES string of the molecule is Cn1cc(-c2ccc(C(=O)[O-])c(C=CC(=O)c3c(F)cc(-c4cn[nH]c4)cc3F)c2)cn1. The number of halogens is 2. The maximum atomic E-state index is 14.5. The smallest absolute Gasteiger partial charge is 0.191 e. The fourth-order valence-electron chi connectivity index (χ4n) is 3.27. The first-order valence-corrected chi connectivity index (χ1v) is 9.38. The molecule has 0 saturated carbocycles. The van der Waals surface area contributed by atoms with Gasteiger partial charge in [0.1, 0.15) is 11.6 Å². The zero-order valence-corrected chi connectivity index (χ0v) is 16.7. The summed E-state index contributed by atoms with van der Waals surface area (Å²) in [6.07, 6.45) is 8.31. The van der Waals surface area contributed by atoms with Gasteiger partial charge in [-0.15, -0.1) is 0 Å². The Morgan fingerprint density at radius 3 is 2.38 bits per heavy atom. The highest BCUT2D eigenvalue weighted by Gasteiger charge is 2.18. The number of H-pyrrole nitrogens is 1. The summed E-state index contributed by atoms with van der Waals surface area (Å²) >= 11 is 0. The number of aromatic amines is 1. The Morgan fingerprint density at radius 2 is 1.78 bits per heavy atom. The predicted octanol–water partition coefficient (Wildman–Crippen LogP) is 3.02. The van der Waals surface area contributed by atoms with Crippen LogP contribution in [0.25, 0.3) is 28.3 Å². The average molecular weight is 433 g/mol. The van der Waals surface area contributed by atoms with E-state index in [-0.39, 0.29) is 16.7 Å². The number of benzene rings is 2. The predicted molar refractivity (Wildman–Crippen MR) is 110 cm³/mol. The molecule has 4 aromatic rings. The first-order valence-electron chi connectivity index (χ1n) is 9.38. The molecule has 0 aliphatic carbocycles. The minimum absolute atomic E-state index is 0.149. The lowest BCUT2D eigenvalue weighted by Gasteiger charge is -2.09. The number of aryl methyl sites for hydroxylation is 1. The average Bonchev–Trinajstić information content (AvgIpc) is 3.43. The van der Waals surface area contributed by atoms with Gasteiger partial charge in [0, 0.05) is 36.1 Å². The van der Waals surface area contributed by atoms with E-state index in [9.17, 15) is 23.5 Å². The van der Waals surface area contributed by atoms with E-state index in [4.69, 9.17) is 0 Å². The van der Waals surface area contributed by atoms with Crippen molar-refractivity contribution in [3.8, 4) is 22.3 Å². The van der Waals surface area contributed by atoms with Gasteiger partial charge >= 0.3 is 0 Å². The van der Waals surface area contributed by atoms with Gasteiger partial charge in [-0.1, -0.05) is 18.2 Å². The van der Waals surface area contributed by atoms with Crippen molar-refractivity contribution in [3.63, 3.8) is 0 Å². The second kappa shape index (κ2) is 8.38. The molecule has 1 N–H and O–H groups in total. The van der Waals surface area contributed by atoms with Crippen LogP contribution in [-0.2, 0) is 7.05 Å². The summed E-state index contributed by atoms with van der Waals surface area (Å²) in [5.41, 5.74) is 1.29. The third-order valence-electron chi connectivity index (χ3n) is 4.84. The van der Waals surface area contributed by atoms with Crippen LogP contribution in [0.3, 0.4) is 0 Å². The fraction of sp³-hybridized carbons (Fsp3) is 0.0435. The van der Waals surface area contributed by atoms with Crippen LogP contribution in [0.1, 0.15) is 26.3 Å². The zero-order valence-electron chi connectivity index (χ0n) is 16.7. The van der Waals surface area contributed by atoms with Crippen molar-refractivity contribution in [2.24, 2.45) is 7.05 Å². The lowest BCUT2D eigenvalue weighted by atomic mass is 9.99. The molecule has 0 amide bonds. The number of hydrogen-bond acceptors (Lipinski definition) is 5. The van der Waals surface area contributed by atoms with E-state index in [1.807, 2.05) is 0 Å². The molecule has 160 valence electrons. The third kappa shape index (κ3) is 4.08. The summed E-state index contributed by atoms with van der Waals surface area (Å²) in [5, 5.41) is 21.8. The van der Waals surface area contributed by atoms with Gasteiger partial charge in [0.15, 0.2) is 5.78 Å². The van der Waals surface area contributed by atoms with Gasteiger partial charge in [-0.05, 0) is 41.0 Å². The topological polar surface area (TPSA) is 104 Å². The van der Waals surface area contributed by atoms with Crippen LogP contribution in [0.4, 0.5) is 8.78 Å². The van der Waals surface area contributed by atoms with E-state index in [0.717, 1.165) is 23.8 Å². The number of rotatable bonds is 6. The van der Waals surface area contributed by atoms with Crippen LogP contribution in [0, 0.1) is 11.6 Å². The lowest BCUT2D eigenvalue weighted by molar-refractivity contribution is -0.255. The van der Waals surface area contributed by atoms with Crippen molar-refractivity contribution >= 4 is 17.8 Å². The van der Waals surface area contributed by atoms with E-state index in [0.29, 0.717) is 11.1 Å². The molecule has 9 heteroatoms. The van der Waals surface area contributed by atoms with Gasteiger partial charge in [0.25, 0.3) is 0 Å². The summed E-state index contributed by atoms with van der Waals surface area (Å²) in [6.45, 7) is 0. The third-order valence-corrected chi connectivity index (χ3v) is 4.84. The van der Waals surface area contributed by atoms with Crippen LogP contribution in [0.15, 0.2) is 61.2 Å². The van der Waals surface area contributed by atoms with Crippen molar-refractivity contribution < 1.29 is 23.5 Å². The molecule has 0 aliphatic heterocycles. The first kappa shape index (κ1) is 20.9. The highest BCUT2D eigenvalue weighted by molar-refractivity contribution is 6.08. The van der Waals surface area contributed by atoms with Crippen LogP contribution in [0.2, 0.25) is 0 Å². The molecule has 4 rings (SSSR count). The van der Waals surface area contributed by atoms with Gasteiger partial charge in [-0.3, -0.25) is 14.6 Å². The molecule has 0 bridgehead atoms. The number of carboxylic acid groups (broad SMARTS) is 1. The molecule has 0 atom stereocenters. The van der Waals surface area contributed by atoms with E-state index in [1.54, 1.807) is 30.2 Å². The van der Waals surface area contributed by atoms with Gasteiger partial charge in [-0.2, -0.15) is 10.2 Å². The van der Waals surface area contributed by atoms with Crippen molar-refractivity contribution in [2.45, 2.75) is 0 Å². The number of aromatic nitrogens is 4. The molecule has 2 aromatic heterocycles. The lowest BCUT2D eigenvalue weighted by Crippen LogP contribution is -2.23. The fourth-order valence-corrected chi connectivity index (χ4v) is 3.27. The molecule has 0 radical (unpaired) electrons. The van der Waals surface area contributed by atoms with Crippen molar-refractivity contribution in [1.82, 2.24) is 20.0 Å². The monoisotopic (exact) mass is 433 g/mol. The molecular weight excluding hydrogens is 418 g/mol. The van der Waals surface area contributed by atoms with Crippen LogP contribution in [0.5, 0.6) is 0 Å². The quantitative estimate of drug-likeness (QED) is 0.372. The summed E-state index contributed by atoms with van der Waals surface area (Å²) in [7, 11) is 1.74. The zero-order chi connectivity index (χ0) is 22.8. The Morgan fingerprint density at radius 1 is 1.03 bits per heavy atom. The Bertz CT molecular complexity index is 1330. The maximum absolute atomic E-state index is 14.5. The van der Waals surface area contributed by atoms with Gasteiger partial charge in [-0.25, -0.2) is 8.78 Å². The maximum Gasteiger partial charge on any atom is 0.191 e. The normalized spacial score (nSPS) is 11.2. The number of carbonyl (C=O) groups excluding carboxylic acids is 2. The van der Waals surface area contributed by atoms with E-state index >= 15 is 0 Å². The summed E-state index contributed by atoms with van der Waals surface area (Å²) in [4.78, 5) is 24.0. The second-order valence-corrected chi connectivity index (χ2v) is 6.99. The van der Waals surface area contributed by atoms with Crippen LogP contribution in [-0.4, -0.2) is 31.7 Å². The largest absolute Gasteiger partial charge is 0.545 e. The van der Waals surface area contributed by atoms with Crippen molar-refractivity contribution in [2.75, 3.05) is 0 Å². The minimum atomic E-state index is -1.45. The molecule has 7 nitrogen and oxygen atoms in total. The molecule has 0 unspecified atom stereocenters. The molecule has 2 heterocycles. The number of aromatic carboxylic acids is 1. The summed E-state index contributed by atoms with van der Waals surface area (Å²) < 4.78 is 30.7. The molecule has 0 fully saturated rings. The van der Waals surface area contributed by atoms with Crippen molar-refractivity contribution in [1.29, 1.82) is 0 Å². The van der Waals surface area contributed by atoms with E-state index in [2.05, 4.69) is 15.3 Å². The number of nitrogens with one attached hydrogen (secondary N) is 1. The Balaban J connectivity index is 1.68. The molecule has 0 aliphatic rings. The Kier molecular flexibility index (Phi) is 5.46. The molecule has 2 aromatic carbocycles. The van der Waals surface area contributed by atoms with Crippen LogP contribution < -0.4 is 5.11 Å². The van der Waals surface area contributed by atoms with Crippen LogP contribution >= 0.6 is 0 Å². The summed E-state index contributed by atoms with van der Waals surface area (Å²) in [6, 6.07) is 6.51. The molecule has 0 spiro atoms. The Labute approximate surface area is 180 Å². The molecular formula is C23H15F2N4O3-. The molecule has 0 saturated heterocycles. The Hall–Kier alpha value is -4.40. The number of nitrogens with zero attached hydrogens (tertiary/aromatic N) is 3. The van der Waals surface area contributed by atoms with E-state index in [1.165, 1.54) is 30.6 Å². The number of hydrogen-bond donors (Lipinski definition) is 1. The second-order valence-electron chi connectivity index (χ2n) is 6.99. The summed E-state index contributed by atoms with van der Waals surface area (Å²) in [5.74, 6) is -4.48. The van der Waals surface area contributed by atoms with Crippen molar-refractivity contribution in [3.05, 3.63) is 89.5 Å². The number of carboxylic acids is 1. The number of carbonyl (C=O) groups is 2. The molecule has 32 heavy (non-hydrogen) atoms. The number of allylic oxidation sites excluding steroid dienone is 1. The highest BCUT2D eigenvalue weighted by atomic mass is 19.1. The highest BCUT2D eigenvalue weighted by Crippen LogP contribution is 2.26. The van der Waals surface area contributed by atoms with Gasteiger partial charge < -0.3 is 9.90 Å².